The van der Waals surface area contributed by atoms with Crippen molar-refractivity contribution in [2.75, 3.05) is 45.3 Å². The Labute approximate surface area is 194 Å². The molecule has 0 N–H and O–H groups in total. The summed E-state index contributed by atoms with van der Waals surface area (Å²) in [7, 11) is 3.19. The zero-order valence-corrected chi connectivity index (χ0v) is 19.2. The van der Waals surface area contributed by atoms with E-state index in [1.54, 1.807) is 26.4 Å². The standard InChI is InChI=1S/C26H28N4O3/c1-19-27-22(21-7-5-4-6-8-21)18-25(28-19)29-13-15-30(16-14-29)26(31)12-10-20-9-11-23(32-2)24(17-20)33-3/h4-12,17-18H,13-16H2,1-3H3/b12-10+. The van der Waals surface area contributed by atoms with Crippen molar-refractivity contribution < 1.29 is 14.3 Å². The van der Waals surface area contributed by atoms with E-state index in [0.717, 1.165) is 41.6 Å². The Hall–Kier alpha value is -3.87. The fraction of sp³-hybridized carbons (Fsp3) is 0.269. The first-order valence-electron chi connectivity index (χ1n) is 10.9. The summed E-state index contributed by atoms with van der Waals surface area (Å²) in [5.41, 5.74) is 2.86. The SMILES string of the molecule is COc1ccc(/C=C/C(=O)N2CCN(c3cc(-c4ccccc4)nc(C)n3)CC2)cc1OC. The number of carbonyl (C=O) groups excluding carboxylic acids is 1. The first kappa shape index (κ1) is 22.3. The van der Waals surface area contributed by atoms with Crippen LogP contribution in [0.5, 0.6) is 11.5 Å². The van der Waals surface area contributed by atoms with Gasteiger partial charge in [-0.25, -0.2) is 9.97 Å². The molecule has 0 saturated carbocycles. The van der Waals surface area contributed by atoms with Gasteiger partial charge < -0.3 is 19.3 Å². The van der Waals surface area contributed by atoms with E-state index in [1.165, 1.54) is 0 Å². The average molecular weight is 445 g/mol. The number of benzene rings is 2. The second-order valence-corrected chi connectivity index (χ2v) is 7.78. The summed E-state index contributed by atoms with van der Waals surface area (Å²) in [6, 6.07) is 17.7. The van der Waals surface area contributed by atoms with Crippen LogP contribution in [0.15, 0.2) is 60.7 Å². The lowest BCUT2D eigenvalue weighted by molar-refractivity contribution is -0.126. The van der Waals surface area contributed by atoms with E-state index in [1.807, 2.05) is 66.4 Å². The van der Waals surface area contributed by atoms with Crippen LogP contribution in [0, 0.1) is 6.92 Å². The molecule has 170 valence electrons. The van der Waals surface area contributed by atoms with Gasteiger partial charge in [0, 0.05) is 43.9 Å². The van der Waals surface area contributed by atoms with E-state index in [2.05, 4.69) is 14.9 Å². The minimum absolute atomic E-state index is 0.00622. The number of amides is 1. The highest BCUT2D eigenvalue weighted by Crippen LogP contribution is 2.28. The molecule has 7 heteroatoms. The maximum absolute atomic E-state index is 12.7. The average Bonchev–Trinajstić information content (AvgIpc) is 2.87. The molecule has 1 aliphatic rings. The van der Waals surface area contributed by atoms with E-state index < -0.39 is 0 Å². The van der Waals surface area contributed by atoms with Crippen LogP contribution < -0.4 is 14.4 Å². The van der Waals surface area contributed by atoms with Crippen LogP contribution in [0.1, 0.15) is 11.4 Å². The van der Waals surface area contributed by atoms with Gasteiger partial charge in [0.05, 0.1) is 19.9 Å². The Morgan fingerprint density at radius 2 is 1.64 bits per heavy atom. The maximum Gasteiger partial charge on any atom is 0.246 e. The fourth-order valence-electron chi connectivity index (χ4n) is 3.86. The lowest BCUT2D eigenvalue weighted by atomic mass is 10.1. The van der Waals surface area contributed by atoms with Crippen LogP contribution in [-0.4, -0.2) is 61.2 Å². The highest BCUT2D eigenvalue weighted by Gasteiger charge is 2.21. The van der Waals surface area contributed by atoms with E-state index >= 15 is 0 Å². The van der Waals surface area contributed by atoms with Gasteiger partial charge in [0.1, 0.15) is 11.6 Å². The van der Waals surface area contributed by atoms with Gasteiger partial charge in [-0.1, -0.05) is 36.4 Å². The van der Waals surface area contributed by atoms with Gasteiger partial charge in [0.25, 0.3) is 0 Å². The summed E-state index contributed by atoms with van der Waals surface area (Å²) in [6.07, 6.45) is 3.41. The number of aromatic nitrogens is 2. The van der Waals surface area contributed by atoms with E-state index in [9.17, 15) is 4.79 Å². The number of hydrogen-bond acceptors (Lipinski definition) is 6. The van der Waals surface area contributed by atoms with Gasteiger partial charge in [-0.05, 0) is 30.7 Å². The molecule has 1 amide bonds. The number of rotatable bonds is 6. The quantitative estimate of drug-likeness (QED) is 0.539. The Kier molecular flexibility index (Phi) is 6.88. The van der Waals surface area contributed by atoms with Gasteiger partial charge in [0.2, 0.25) is 5.91 Å². The molecule has 0 aliphatic carbocycles. The van der Waals surface area contributed by atoms with Crippen molar-refractivity contribution in [2.24, 2.45) is 0 Å². The Bertz CT molecular complexity index is 1140. The molecule has 0 bridgehead atoms. The summed E-state index contributed by atoms with van der Waals surface area (Å²) >= 11 is 0. The van der Waals surface area contributed by atoms with Crippen molar-refractivity contribution in [3.05, 3.63) is 72.1 Å². The topological polar surface area (TPSA) is 67.8 Å². The highest BCUT2D eigenvalue weighted by atomic mass is 16.5. The second kappa shape index (κ2) is 10.2. The van der Waals surface area contributed by atoms with Gasteiger partial charge in [-0.15, -0.1) is 0 Å². The zero-order chi connectivity index (χ0) is 23.2. The normalized spacial score (nSPS) is 13.9. The van der Waals surface area contributed by atoms with E-state index in [0.29, 0.717) is 24.6 Å². The molecule has 3 aromatic rings. The predicted octanol–water partition coefficient (Wildman–Crippen LogP) is 3.83. The molecule has 0 unspecified atom stereocenters. The van der Waals surface area contributed by atoms with Crippen LogP contribution in [0.25, 0.3) is 17.3 Å². The molecular weight excluding hydrogens is 416 g/mol. The third-order valence-electron chi connectivity index (χ3n) is 5.64. The van der Waals surface area contributed by atoms with Crippen molar-refractivity contribution >= 4 is 17.8 Å². The number of methoxy groups -OCH3 is 2. The highest BCUT2D eigenvalue weighted by molar-refractivity contribution is 5.92. The number of piperazine rings is 1. The molecular formula is C26H28N4O3. The van der Waals surface area contributed by atoms with Crippen molar-refractivity contribution in [3.63, 3.8) is 0 Å². The third-order valence-corrected chi connectivity index (χ3v) is 5.64. The minimum Gasteiger partial charge on any atom is -0.493 e. The Balaban J connectivity index is 1.39. The largest absolute Gasteiger partial charge is 0.493 e. The molecule has 1 aliphatic heterocycles. The van der Waals surface area contributed by atoms with Crippen LogP contribution in [-0.2, 0) is 4.79 Å². The van der Waals surface area contributed by atoms with Gasteiger partial charge in [-0.2, -0.15) is 0 Å². The number of anilines is 1. The number of hydrogen-bond donors (Lipinski definition) is 0. The number of carbonyl (C=O) groups is 1. The third kappa shape index (κ3) is 5.31. The second-order valence-electron chi connectivity index (χ2n) is 7.78. The molecule has 0 spiro atoms. The van der Waals surface area contributed by atoms with Crippen molar-refractivity contribution in [3.8, 4) is 22.8 Å². The molecule has 7 nitrogen and oxygen atoms in total. The van der Waals surface area contributed by atoms with Gasteiger partial charge in [-0.3, -0.25) is 4.79 Å². The fourth-order valence-corrected chi connectivity index (χ4v) is 3.86. The molecule has 0 atom stereocenters. The van der Waals surface area contributed by atoms with Gasteiger partial charge in [0.15, 0.2) is 11.5 Å². The van der Waals surface area contributed by atoms with Crippen LogP contribution in [0.3, 0.4) is 0 Å². The number of aryl methyl sites for hydroxylation is 1. The Morgan fingerprint density at radius 3 is 2.33 bits per heavy atom. The van der Waals surface area contributed by atoms with Crippen molar-refractivity contribution in [1.82, 2.24) is 14.9 Å². The monoisotopic (exact) mass is 444 g/mol. The summed E-state index contributed by atoms with van der Waals surface area (Å²) in [4.78, 5) is 26.0. The first-order chi connectivity index (χ1) is 16.1. The number of ether oxygens (including phenoxy) is 2. The molecule has 0 radical (unpaired) electrons. The van der Waals surface area contributed by atoms with Crippen molar-refractivity contribution in [2.45, 2.75) is 6.92 Å². The molecule has 4 rings (SSSR count). The molecule has 2 aromatic carbocycles. The zero-order valence-electron chi connectivity index (χ0n) is 19.2. The van der Waals surface area contributed by atoms with Crippen LogP contribution in [0.2, 0.25) is 0 Å². The summed E-state index contributed by atoms with van der Waals surface area (Å²) in [5, 5.41) is 0. The molecule has 33 heavy (non-hydrogen) atoms. The summed E-state index contributed by atoms with van der Waals surface area (Å²) in [6.45, 7) is 4.63. The summed E-state index contributed by atoms with van der Waals surface area (Å²) < 4.78 is 10.6. The lowest BCUT2D eigenvalue weighted by Crippen LogP contribution is -2.48. The van der Waals surface area contributed by atoms with Gasteiger partial charge >= 0.3 is 0 Å². The first-order valence-corrected chi connectivity index (χ1v) is 10.9. The molecule has 1 fully saturated rings. The van der Waals surface area contributed by atoms with Crippen LogP contribution in [0.4, 0.5) is 5.82 Å². The maximum atomic E-state index is 12.7. The number of nitrogens with zero attached hydrogens (tertiary/aromatic N) is 4. The van der Waals surface area contributed by atoms with E-state index in [-0.39, 0.29) is 5.91 Å². The van der Waals surface area contributed by atoms with E-state index in [4.69, 9.17) is 9.47 Å². The molecule has 1 saturated heterocycles. The smallest absolute Gasteiger partial charge is 0.246 e. The minimum atomic E-state index is -0.00622. The predicted molar refractivity (Wildman–Crippen MR) is 130 cm³/mol. The molecule has 1 aromatic heterocycles. The lowest BCUT2D eigenvalue weighted by Gasteiger charge is -2.35. The summed E-state index contributed by atoms with van der Waals surface area (Å²) in [5.74, 6) is 2.92. The van der Waals surface area contributed by atoms with Crippen molar-refractivity contribution in [1.29, 1.82) is 0 Å². The Morgan fingerprint density at radius 1 is 0.909 bits per heavy atom. The molecule has 2 heterocycles. The van der Waals surface area contributed by atoms with Crippen LogP contribution >= 0.6 is 0 Å².